The molecule has 0 fully saturated rings. The second-order valence-electron chi connectivity index (χ2n) is 4.57. The molecule has 0 aliphatic heterocycles. The summed E-state index contributed by atoms with van der Waals surface area (Å²) < 4.78 is 29.5. The zero-order valence-corrected chi connectivity index (χ0v) is 12.7. The summed E-state index contributed by atoms with van der Waals surface area (Å²) >= 11 is 0. The van der Waals surface area contributed by atoms with E-state index in [0.29, 0.717) is 5.82 Å². The molecule has 0 aliphatic rings. The van der Waals surface area contributed by atoms with E-state index in [1.165, 1.54) is 10.9 Å². The molecule has 1 N–H and O–H groups in total. The van der Waals surface area contributed by atoms with E-state index in [1.807, 2.05) is 30.3 Å². The van der Waals surface area contributed by atoms with E-state index >= 15 is 0 Å². The summed E-state index contributed by atoms with van der Waals surface area (Å²) in [7, 11) is -2.28. The van der Waals surface area contributed by atoms with Gasteiger partial charge in [0.1, 0.15) is 5.82 Å². The number of aromatic nitrogens is 6. The van der Waals surface area contributed by atoms with Crippen LogP contribution in [0, 0.1) is 6.92 Å². The molecule has 2 aromatic heterocycles. The Hall–Kier alpha value is -2.75. The number of aryl methyl sites for hydroxylation is 2. The molecule has 22 heavy (non-hydrogen) atoms. The predicted molar refractivity (Wildman–Crippen MR) is 77.9 cm³/mol. The first-order valence-corrected chi connectivity index (χ1v) is 7.82. The first-order valence-electron chi connectivity index (χ1n) is 6.34. The minimum absolute atomic E-state index is 0.0213. The number of rotatable bonds is 4. The zero-order chi connectivity index (χ0) is 15.7. The van der Waals surface area contributed by atoms with Gasteiger partial charge in [0.25, 0.3) is 16.0 Å². The van der Waals surface area contributed by atoms with Gasteiger partial charge >= 0.3 is 0 Å². The number of hydrogen-bond donors (Lipinski definition) is 1. The van der Waals surface area contributed by atoms with E-state index in [9.17, 15) is 8.42 Å². The molecular weight excluding hydrogens is 306 g/mol. The zero-order valence-electron chi connectivity index (χ0n) is 11.9. The maximum absolute atomic E-state index is 12.2. The molecule has 0 aliphatic carbocycles. The molecule has 114 valence electrons. The number of hydrogen-bond acceptors (Lipinski definition) is 6. The Labute approximate surface area is 126 Å². The number of sulfonamides is 1. The number of nitrogens with zero attached hydrogens (tertiary/aromatic N) is 6. The molecule has 9 nitrogen and oxygen atoms in total. The highest BCUT2D eigenvalue weighted by Crippen LogP contribution is 2.14. The fraction of sp³-hybridized carbons (Fsp3) is 0.167. The van der Waals surface area contributed by atoms with Crippen molar-refractivity contribution in [1.82, 2.24) is 29.8 Å². The lowest BCUT2D eigenvalue weighted by atomic mass is 10.3. The minimum atomic E-state index is -3.86. The van der Waals surface area contributed by atoms with E-state index < -0.39 is 10.0 Å². The molecule has 0 atom stereocenters. The Morgan fingerprint density at radius 2 is 1.91 bits per heavy atom. The van der Waals surface area contributed by atoms with Crippen molar-refractivity contribution in [2.75, 3.05) is 4.72 Å². The predicted octanol–water partition coefficient (Wildman–Crippen LogP) is 0.505. The van der Waals surface area contributed by atoms with E-state index in [-0.39, 0.29) is 11.0 Å². The molecule has 10 heteroatoms. The Kier molecular flexibility index (Phi) is 3.37. The third-order valence-electron chi connectivity index (χ3n) is 2.85. The maximum atomic E-state index is 12.2. The van der Waals surface area contributed by atoms with Crippen LogP contribution in [-0.4, -0.2) is 38.2 Å². The molecule has 3 aromatic rings. The summed E-state index contributed by atoms with van der Waals surface area (Å²) in [6.07, 6.45) is 1.30. The van der Waals surface area contributed by atoms with Crippen molar-refractivity contribution in [3.8, 4) is 5.69 Å². The van der Waals surface area contributed by atoms with Crippen LogP contribution in [-0.2, 0) is 17.1 Å². The number of para-hydroxylation sites is 1. The van der Waals surface area contributed by atoms with Crippen LogP contribution in [0.5, 0.6) is 0 Å². The van der Waals surface area contributed by atoms with Crippen molar-refractivity contribution in [2.45, 2.75) is 11.9 Å². The Balaban J connectivity index is 1.91. The van der Waals surface area contributed by atoms with Gasteiger partial charge in [0, 0.05) is 7.05 Å². The number of anilines is 1. The summed E-state index contributed by atoms with van der Waals surface area (Å²) in [5.41, 5.74) is 0.789. The topological polar surface area (TPSA) is 108 Å². The molecular formula is C12H13N7O2S. The third-order valence-corrected chi connectivity index (χ3v) is 4.04. The second-order valence-corrected chi connectivity index (χ2v) is 6.20. The van der Waals surface area contributed by atoms with E-state index in [1.54, 1.807) is 18.7 Å². The van der Waals surface area contributed by atoms with Crippen LogP contribution in [0.2, 0.25) is 0 Å². The second kappa shape index (κ2) is 5.22. The van der Waals surface area contributed by atoms with Crippen molar-refractivity contribution < 1.29 is 8.42 Å². The molecule has 0 radical (unpaired) electrons. The molecule has 0 saturated carbocycles. The SMILES string of the molecule is Cc1nc(NS(=O)(=O)c2cn(C)nn2)nn1-c1ccccc1. The lowest BCUT2D eigenvalue weighted by molar-refractivity contribution is 0.596. The highest BCUT2D eigenvalue weighted by molar-refractivity contribution is 7.92. The highest BCUT2D eigenvalue weighted by atomic mass is 32.2. The molecule has 1 aromatic carbocycles. The van der Waals surface area contributed by atoms with Crippen molar-refractivity contribution in [3.63, 3.8) is 0 Å². The van der Waals surface area contributed by atoms with Crippen molar-refractivity contribution in [1.29, 1.82) is 0 Å². The highest BCUT2D eigenvalue weighted by Gasteiger charge is 2.21. The fourth-order valence-corrected chi connectivity index (χ4v) is 2.74. The smallest absolute Gasteiger partial charge is 0.254 e. The summed E-state index contributed by atoms with van der Waals surface area (Å²) in [6, 6.07) is 9.30. The van der Waals surface area contributed by atoms with Gasteiger partial charge in [0.15, 0.2) is 0 Å². The minimum Gasteiger partial charge on any atom is -0.254 e. The van der Waals surface area contributed by atoms with Crippen LogP contribution in [0.15, 0.2) is 41.6 Å². The Morgan fingerprint density at radius 1 is 1.18 bits per heavy atom. The largest absolute Gasteiger partial charge is 0.285 e. The van der Waals surface area contributed by atoms with Crippen LogP contribution in [0.25, 0.3) is 5.69 Å². The normalized spacial score (nSPS) is 11.5. The summed E-state index contributed by atoms with van der Waals surface area (Å²) in [5.74, 6) is 0.537. The quantitative estimate of drug-likeness (QED) is 0.750. The van der Waals surface area contributed by atoms with Crippen LogP contribution in [0.1, 0.15) is 5.82 Å². The monoisotopic (exact) mass is 319 g/mol. The van der Waals surface area contributed by atoms with Gasteiger partial charge in [-0.1, -0.05) is 23.4 Å². The molecule has 3 rings (SSSR count). The van der Waals surface area contributed by atoms with Crippen molar-refractivity contribution >= 4 is 16.0 Å². The van der Waals surface area contributed by atoms with Gasteiger partial charge in [-0.15, -0.1) is 10.2 Å². The lowest BCUT2D eigenvalue weighted by Crippen LogP contribution is -2.14. The lowest BCUT2D eigenvalue weighted by Gasteiger charge is -2.01. The third kappa shape index (κ3) is 2.68. The Bertz CT molecular complexity index is 899. The van der Waals surface area contributed by atoms with Gasteiger partial charge in [0.05, 0.1) is 11.9 Å². The summed E-state index contributed by atoms with van der Waals surface area (Å²) in [4.78, 5) is 4.11. The number of benzene rings is 1. The molecule has 0 saturated heterocycles. The average molecular weight is 319 g/mol. The molecule has 0 unspecified atom stereocenters. The van der Waals surface area contributed by atoms with Crippen molar-refractivity contribution in [3.05, 3.63) is 42.4 Å². The van der Waals surface area contributed by atoms with Gasteiger partial charge < -0.3 is 0 Å². The first kappa shape index (κ1) is 14.2. The molecule has 0 amide bonds. The molecule has 2 heterocycles. The van der Waals surface area contributed by atoms with E-state index in [2.05, 4.69) is 25.1 Å². The van der Waals surface area contributed by atoms with Gasteiger partial charge in [-0.2, -0.15) is 13.4 Å². The van der Waals surface area contributed by atoms with Crippen LogP contribution >= 0.6 is 0 Å². The summed E-state index contributed by atoms with van der Waals surface area (Å²) in [6.45, 7) is 1.74. The first-order chi connectivity index (χ1) is 10.5. The van der Waals surface area contributed by atoms with Crippen LogP contribution < -0.4 is 4.72 Å². The van der Waals surface area contributed by atoms with Gasteiger partial charge in [-0.05, 0) is 19.1 Å². The van der Waals surface area contributed by atoms with E-state index in [0.717, 1.165) is 5.69 Å². The number of nitrogens with one attached hydrogen (secondary N) is 1. The summed E-state index contributed by atoms with van der Waals surface area (Å²) in [5, 5.41) is 11.1. The van der Waals surface area contributed by atoms with E-state index in [4.69, 9.17) is 0 Å². The molecule has 0 spiro atoms. The van der Waals surface area contributed by atoms with Crippen molar-refractivity contribution in [2.24, 2.45) is 7.05 Å². The molecule has 0 bridgehead atoms. The van der Waals surface area contributed by atoms with Gasteiger partial charge in [0.2, 0.25) is 5.03 Å². The maximum Gasteiger partial charge on any atom is 0.285 e. The van der Waals surface area contributed by atoms with Gasteiger partial charge in [-0.25, -0.2) is 9.40 Å². The van der Waals surface area contributed by atoms with Crippen LogP contribution in [0.4, 0.5) is 5.95 Å². The van der Waals surface area contributed by atoms with Crippen LogP contribution in [0.3, 0.4) is 0 Å². The average Bonchev–Trinajstić information content (AvgIpc) is 3.06. The fourth-order valence-electron chi connectivity index (χ4n) is 1.87. The Morgan fingerprint density at radius 3 is 2.55 bits per heavy atom. The van der Waals surface area contributed by atoms with Gasteiger partial charge in [-0.3, -0.25) is 4.68 Å². The standard InChI is InChI=1S/C12H13N7O2S/c1-9-13-12(15-19(9)10-6-4-3-5-7-10)16-22(20,21)11-8-18(2)17-14-11/h3-8H,1-2H3,(H,15,16).